The van der Waals surface area contributed by atoms with Gasteiger partial charge in [-0.2, -0.15) is 0 Å². The van der Waals surface area contributed by atoms with Gasteiger partial charge in [0, 0.05) is 35.3 Å². The maximum absolute atomic E-state index is 14.1. The topological polar surface area (TPSA) is 60.8 Å². The molecule has 0 spiro atoms. The molecule has 1 fully saturated rings. The number of likely N-dealkylation sites (tertiary alicyclic amines) is 1. The van der Waals surface area contributed by atoms with Gasteiger partial charge in [-0.1, -0.05) is 6.07 Å². The van der Waals surface area contributed by atoms with Crippen molar-refractivity contribution in [1.82, 2.24) is 4.90 Å². The molecule has 2 heterocycles. The lowest BCUT2D eigenvalue weighted by molar-refractivity contribution is 0.0677. The van der Waals surface area contributed by atoms with E-state index in [2.05, 4.69) is 0 Å². The summed E-state index contributed by atoms with van der Waals surface area (Å²) in [6, 6.07) is 4.67. The van der Waals surface area contributed by atoms with Gasteiger partial charge < -0.3 is 10.2 Å². The van der Waals surface area contributed by atoms with Crippen LogP contribution in [0, 0.1) is 5.82 Å². The Balaban J connectivity index is 2.04. The minimum absolute atomic E-state index is 0.182. The predicted octanol–water partition coefficient (Wildman–Crippen LogP) is 2.70. The predicted molar refractivity (Wildman–Crippen MR) is 79.3 cm³/mol. The van der Waals surface area contributed by atoms with Crippen LogP contribution >= 0.6 is 11.3 Å². The molecule has 0 saturated carbocycles. The molecular formula is C15H16FNO3S. The number of benzene rings is 1. The Morgan fingerprint density at radius 2 is 2.29 bits per heavy atom. The largest absolute Gasteiger partial charge is 0.477 e. The molecule has 1 aromatic carbocycles. The molecule has 0 amide bonds. The summed E-state index contributed by atoms with van der Waals surface area (Å²) in [6.45, 7) is 3.26. The number of rotatable bonds is 3. The van der Waals surface area contributed by atoms with Crippen molar-refractivity contribution in [1.29, 1.82) is 0 Å². The highest BCUT2D eigenvalue weighted by Crippen LogP contribution is 2.35. The van der Waals surface area contributed by atoms with E-state index >= 15 is 0 Å². The highest BCUT2D eigenvalue weighted by Gasteiger charge is 2.32. The highest BCUT2D eigenvalue weighted by molar-refractivity contribution is 7.21. The van der Waals surface area contributed by atoms with Crippen LogP contribution in [0.4, 0.5) is 4.39 Å². The molecule has 1 aliphatic rings. The van der Waals surface area contributed by atoms with Crippen LogP contribution in [0.3, 0.4) is 0 Å². The lowest BCUT2D eigenvalue weighted by Crippen LogP contribution is -2.29. The SMILES string of the molecule is CC1(O)CCN(Cc2c(C(=O)O)sc3cccc(F)c23)C1. The van der Waals surface area contributed by atoms with Crippen molar-refractivity contribution in [2.24, 2.45) is 0 Å². The average Bonchev–Trinajstić information content (AvgIpc) is 2.92. The molecule has 4 nitrogen and oxygen atoms in total. The summed E-state index contributed by atoms with van der Waals surface area (Å²) in [4.78, 5) is 13.6. The summed E-state index contributed by atoms with van der Waals surface area (Å²) >= 11 is 1.10. The molecule has 1 atom stereocenters. The summed E-state index contributed by atoms with van der Waals surface area (Å²) in [5, 5.41) is 19.8. The standard InChI is InChI=1S/C15H16FNO3S/c1-15(20)5-6-17(8-15)7-9-12-10(16)3-2-4-11(12)21-13(9)14(18)19/h2-4,20H,5-8H2,1H3,(H,18,19). The molecule has 112 valence electrons. The third-order valence-corrected chi connectivity index (χ3v) is 5.06. The Labute approximate surface area is 125 Å². The van der Waals surface area contributed by atoms with Gasteiger partial charge in [-0.15, -0.1) is 11.3 Å². The second-order valence-electron chi connectivity index (χ2n) is 5.79. The zero-order valence-electron chi connectivity index (χ0n) is 11.6. The summed E-state index contributed by atoms with van der Waals surface area (Å²) < 4.78 is 14.7. The molecule has 0 bridgehead atoms. The van der Waals surface area contributed by atoms with Gasteiger partial charge >= 0.3 is 5.97 Å². The van der Waals surface area contributed by atoms with E-state index in [0.717, 1.165) is 11.3 Å². The van der Waals surface area contributed by atoms with Gasteiger partial charge in [0.2, 0.25) is 0 Å². The molecule has 0 radical (unpaired) electrons. The number of carbonyl (C=O) groups is 1. The highest BCUT2D eigenvalue weighted by atomic mass is 32.1. The van der Waals surface area contributed by atoms with Gasteiger partial charge in [0.1, 0.15) is 10.7 Å². The number of fused-ring (bicyclic) bond motifs is 1. The minimum Gasteiger partial charge on any atom is -0.477 e. The van der Waals surface area contributed by atoms with E-state index in [-0.39, 0.29) is 4.88 Å². The van der Waals surface area contributed by atoms with Crippen molar-refractivity contribution in [3.05, 3.63) is 34.5 Å². The first-order valence-corrected chi connectivity index (χ1v) is 7.57. The third kappa shape index (κ3) is 2.66. The lowest BCUT2D eigenvalue weighted by atomic mass is 10.1. The van der Waals surface area contributed by atoms with E-state index in [1.165, 1.54) is 6.07 Å². The van der Waals surface area contributed by atoms with E-state index in [9.17, 15) is 19.4 Å². The van der Waals surface area contributed by atoms with Crippen LogP contribution < -0.4 is 0 Å². The van der Waals surface area contributed by atoms with Crippen LogP contribution in [0.25, 0.3) is 10.1 Å². The number of hydrogen-bond acceptors (Lipinski definition) is 4. The Morgan fingerprint density at radius 1 is 1.52 bits per heavy atom. The normalized spacial score (nSPS) is 23.0. The maximum atomic E-state index is 14.1. The fourth-order valence-electron chi connectivity index (χ4n) is 2.89. The number of nitrogens with zero attached hydrogens (tertiary/aromatic N) is 1. The fourth-order valence-corrected chi connectivity index (χ4v) is 3.95. The van der Waals surface area contributed by atoms with Crippen molar-refractivity contribution in [2.75, 3.05) is 13.1 Å². The Kier molecular flexibility index (Phi) is 3.47. The average molecular weight is 309 g/mol. The van der Waals surface area contributed by atoms with Crippen LogP contribution in [-0.4, -0.2) is 39.8 Å². The van der Waals surface area contributed by atoms with Gasteiger partial charge in [-0.25, -0.2) is 9.18 Å². The second kappa shape index (κ2) is 5.05. The number of thiophene rings is 1. The van der Waals surface area contributed by atoms with E-state index in [1.807, 2.05) is 4.90 Å². The second-order valence-corrected chi connectivity index (χ2v) is 6.84. The zero-order valence-corrected chi connectivity index (χ0v) is 12.4. The number of halogens is 1. The van der Waals surface area contributed by atoms with E-state index < -0.39 is 17.4 Å². The first kappa shape index (κ1) is 14.4. The van der Waals surface area contributed by atoms with Crippen molar-refractivity contribution in [3.63, 3.8) is 0 Å². The molecule has 1 saturated heterocycles. The number of hydrogen-bond donors (Lipinski definition) is 2. The molecule has 2 aromatic rings. The van der Waals surface area contributed by atoms with Crippen molar-refractivity contribution >= 4 is 27.4 Å². The molecule has 21 heavy (non-hydrogen) atoms. The molecule has 0 aliphatic carbocycles. The Hall–Kier alpha value is -1.50. The molecule has 1 aliphatic heterocycles. The quantitative estimate of drug-likeness (QED) is 0.915. The zero-order chi connectivity index (χ0) is 15.2. The van der Waals surface area contributed by atoms with Crippen LogP contribution in [-0.2, 0) is 6.54 Å². The Bertz CT molecular complexity index is 710. The number of carboxylic acid groups (broad SMARTS) is 1. The van der Waals surface area contributed by atoms with E-state index in [4.69, 9.17) is 0 Å². The molecule has 2 N–H and O–H groups in total. The monoisotopic (exact) mass is 309 g/mol. The number of β-amino-alcohol motifs (C(OH)–C–C–N with tert-alkyl or cyclic N) is 1. The number of aromatic carboxylic acids is 1. The minimum atomic E-state index is -1.03. The van der Waals surface area contributed by atoms with Crippen LogP contribution in [0.15, 0.2) is 18.2 Å². The summed E-state index contributed by atoms with van der Waals surface area (Å²) in [6.07, 6.45) is 0.639. The van der Waals surface area contributed by atoms with Crippen LogP contribution in [0.1, 0.15) is 28.6 Å². The number of carboxylic acids is 1. The first-order chi connectivity index (χ1) is 9.87. The summed E-state index contributed by atoms with van der Waals surface area (Å²) in [5.41, 5.74) is -0.244. The van der Waals surface area contributed by atoms with Crippen LogP contribution in [0.2, 0.25) is 0 Å². The smallest absolute Gasteiger partial charge is 0.346 e. The van der Waals surface area contributed by atoms with Gasteiger partial charge in [-0.3, -0.25) is 4.90 Å². The summed E-state index contributed by atoms with van der Waals surface area (Å²) in [7, 11) is 0. The van der Waals surface area contributed by atoms with Gasteiger partial charge in [-0.05, 0) is 25.5 Å². The maximum Gasteiger partial charge on any atom is 0.346 e. The van der Waals surface area contributed by atoms with Gasteiger partial charge in [0.25, 0.3) is 0 Å². The van der Waals surface area contributed by atoms with E-state index in [0.29, 0.717) is 41.7 Å². The molecule has 1 aromatic heterocycles. The summed E-state index contributed by atoms with van der Waals surface area (Å²) in [5.74, 6) is -1.42. The molecular weight excluding hydrogens is 293 g/mol. The fraction of sp³-hybridized carbons (Fsp3) is 0.400. The third-order valence-electron chi connectivity index (χ3n) is 3.87. The first-order valence-electron chi connectivity index (χ1n) is 6.75. The van der Waals surface area contributed by atoms with Crippen LogP contribution in [0.5, 0.6) is 0 Å². The number of aliphatic hydroxyl groups is 1. The molecule has 3 rings (SSSR count). The Morgan fingerprint density at radius 3 is 2.90 bits per heavy atom. The van der Waals surface area contributed by atoms with E-state index in [1.54, 1.807) is 19.1 Å². The molecule has 1 unspecified atom stereocenters. The molecule has 6 heteroatoms. The van der Waals surface area contributed by atoms with Crippen molar-refractivity contribution in [3.8, 4) is 0 Å². The lowest BCUT2D eigenvalue weighted by Gasteiger charge is -2.19. The van der Waals surface area contributed by atoms with Crippen molar-refractivity contribution < 1.29 is 19.4 Å². The van der Waals surface area contributed by atoms with Gasteiger partial charge in [0.05, 0.1) is 5.60 Å². The van der Waals surface area contributed by atoms with Gasteiger partial charge in [0.15, 0.2) is 0 Å². The van der Waals surface area contributed by atoms with Crippen molar-refractivity contribution in [2.45, 2.75) is 25.5 Å².